The fourth-order valence-corrected chi connectivity index (χ4v) is 1.24. The number of rotatable bonds is 2. The van der Waals surface area contributed by atoms with Crippen molar-refractivity contribution in [2.24, 2.45) is 0 Å². The van der Waals surface area contributed by atoms with Crippen molar-refractivity contribution >= 4 is 11.6 Å². The van der Waals surface area contributed by atoms with E-state index in [1.807, 2.05) is 13.8 Å². The van der Waals surface area contributed by atoms with Gasteiger partial charge in [0.1, 0.15) is 0 Å². The molecule has 1 N–H and O–H groups in total. The average molecular weight is 189 g/mol. The van der Waals surface area contributed by atoms with Crippen LogP contribution < -0.4 is 0 Å². The van der Waals surface area contributed by atoms with Gasteiger partial charge in [-0.15, -0.1) is 0 Å². The third kappa shape index (κ3) is 1.79. The first-order valence-corrected chi connectivity index (χ1v) is 4.27. The van der Waals surface area contributed by atoms with Crippen molar-refractivity contribution in [3.05, 3.63) is 16.4 Å². The Balaban J connectivity index is 2.93. The Morgan fingerprint density at radius 1 is 1.58 bits per heavy atom. The normalized spacial score (nSPS) is 13.4. The molecule has 0 unspecified atom stereocenters. The van der Waals surface area contributed by atoms with Crippen LogP contribution in [0, 0.1) is 13.8 Å². The Hall–Kier alpha value is -0.540. The van der Waals surface area contributed by atoms with Crippen LogP contribution in [0.2, 0.25) is 5.02 Å². The molecule has 3 nitrogen and oxygen atoms in total. The second-order valence-corrected chi connectivity index (χ2v) is 3.39. The molecule has 1 rings (SSSR count). The zero-order valence-corrected chi connectivity index (χ0v) is 8.26. The highest BCUT2D eigenvalue weighted by atomic mass is 35.5. The molecule has 0 saturated carbocycles. The lowest BCUT2D eigenvalue weighted by Gasteiger charge is -2.05. The standard InChI is InChI=1S/C8H13ClN2O/c1-5(12)4-11-7(3)8(9)6(2)10-11/h5,12H,4H2,1-3H3/t5-/m1/s1. The molecule has 0 spiro atoms. The van der Waals surface area contributed by atoms with Gasteiger partial charge in [-0.3, -0.25) is 4.68 Å². The summed E-state index contributed by atoms with van der Waals surface area (Å²) in [5.74, 6) is 0. The van der Waals surface area contributed by atoms with Crippen molar-refractivity contribution in [1.82, 2.24) is 9.78 Å². The summed E-state index contributed by atoms with van der Waals surface area (Å²) in [5, 5.41) is 14.0. The van der Waals surface area contributed by atoms with Crippen LogP contribution >= 0.6 is 11.6 Å². The third-order valence-corrected chi connectivity index (χ3v) is 2.28. The van der Waals surface area contributed by atoms with E-state index in [2.05, 4.69) is 5.10 Å². The summed E-state index contributed by atoms with van der Waals surface area (Å²) in [4.78, 5) is 0. The second kappa shape index (κ2) is 3.46. The molecule has 0 saturated heterocycles. The molecular weight excluding hydrogens is 176 g/mol. The SMILES string of the molecule is Cc1nn(C[C@@H](C)O)c(C)c1Cl. The zero-order chi connectivity index (χ0) is 9.30. The number of aliphatic hydroxyl groups excluding tert-OH is 1. The van der Waals surface area contributed by atoms with Crippen LogP contribution in [0.25, 0.3) is 0 Å². The number of aryl methyl sites for hydroxylation is 1. The summed E-state index contributed by atoms with van der Waals surface area (Å²) >= 11 is 5.92. The first kappa shape index (κ1) is 9.55. The largest absolute Gasteiger partial charge is 0.391 e. The van der Waals surface area contributed by atoms with Crippen molar-refractivity contribution in [3.63, 3.8) is 0 Å². The van der Waals surface area contributed by atoms with E-state index in [9.17, 15) is 0 Å². The van der Waals surface area contributed by atoms with Gasteiger partial charge in [0.2, 0.25) is 0 Å². The van der Waals surface area contributed by atoms with Gasteiger partial charge in [-0.1, -0.05) is 11.6 Å². The van der Waals surface area contributed by atoms with E-state index in [0.717, 1.165) is 11.4 Å². The molecule has 1 aromatic rings. The number of hydrogen-bond acceptors (Lipinski definition) is 2. The van der Waals surface area contributed by atoms with E-state index >= 15 is 0 Å². The van der Waals surface area contributed by atoms with Gasteiger partial charge in [-0.2, -0.15) is 5.10 Å². The van der Waals surface area contributed by atoms with Crippen LogP contribution in [0.5, 0.6) is 0 Å². The van der Waals surface area contributed by atoms with Crippen LogP contribution in [0.4, 0.5) is 0 Å². The molecule has 0 aliphatic rings. The second-order valence-electron chi connectivity index (χ2n) is 3.02. The highest BCUT2D eigenvalue weighted by Crippen LogP contribution is 2.18. The predicted molar refractivity (Wildman–Crippen MR) is 48.4 cm³/mol. The Bertz CT molecular complexity index is 281. The summed E-state index contributed by atoms with van der Waals surface area (Å²) < 4.78 is 1.72. The Labute approximate surface area is 77.0 Å². The topological polar surface area (TPSA) is 38.0 Å². The van der Waals surface area contributed by atoms with Gasteiger partial charge >= 0.3 is 0 Å². The molecule has 0 aliphatic heterocycles. The summed E-state index contributed by atoms with van der Waals surface area (Å²) in [7, 11) is 0. The van der Waals surface area contributed by atoms with Gasteiger partial charge in [-0.05, 0) is 20.8 Å². The molecule has 1 heterocycles. The lowest BCUT2D eigenvalue weighted by atomic mass is 10.4. The monoisotopic (exact) mass is 188 g/mol. The Kier molecular flexibility index (Phi) is 2.75. The van der Waals surface area contributed by atoms with Crippen LogP contribution in [-0.2, 0) is 6.54 Å². The van der Waals surface area contributed by atoms with E-state index in [-0.39, 0.29) is 6.10 Å². The fourth-order valence-electron chi connectivity index (χ4n) is 1.10. The third-order valence-electron chi connectivity index (χ3n) is 1.73. The molecule has 1 aromatic heterocycles. The molecule has 0 amide bonds. The number of aliphatic hydroxyl groups is 1. The maximum atomic E-state index is 9.13. The Morgan fingerprint density at radius 3 is 2.50 bits per heavy atom. The fraction of sp³-hybridized carbons (Fsp3) is 0.625. The van der Waals surface area contributed by atoms with Gasteiger partial charge in [0.25, 0.3) is 0 Å². The van der Waals surface area contributed by atoms with Gasteiger partial charge in [0.15, 0.2) is 0 Å². The van der Waals surface area contributed by atoms with E-state index in [4.69, 9.17) is 16.7 Å². The average Bonchev–Trinajstić information content (AvgIpc) is 2.17. The zero-order valence-electron chi connectivity index (χ0n) is 7.50. The van der Waals surface area contributed by atoms with Crippen molar-refractivity contribution in [2.75, 3.05) is 0 Å². The summed E-state index contributed by atoms with van der Waals surface area (Å²) in [6.07, 6.45) is -0.390. The van der Waals surface area contributed by atoms with Crippen molar-refractivity contribution in [3.8, 4) is 0 Å². The van der Waals surface area contributed by atoms with E-state index < -0.39 is 0 Å². The molecule has 0 fully saturated rings. The summed E-state index contributed by atoms with van der Waals surface area (Å²) in [6.45, 7) is 5.97. The molecule has 0 aliphatic carbocycles. The van der Waals surface area contributed by atoms with Crippen LogP contribution in [0.3, 0.4) is 0 Å². The van der Waals surface area contributed by atoms with Gasteiger partial charge in [0.05, 0.1) is 29.1 Å². The molecule has 4 heteroatoms. The maximum absolute atomic E-state index is 9.13. The van der Waals surface area contributed by atoms with Crippen LogP contribution in [0.15, 0.2) is 0 Å². The number of aromatic nitrogens is 2. The highest BCUT2D eigenvalue weighted by molar-refractivity contribution is 6.31. The molecule has 12 heavy (non-hydrogen) atoms. The summed E-state index contributed by atoms with van der Waals surface area (Å²) in [6, 6.07) is 0. The molecule has 0 bridgehead atoms. The minimum absolute atomic E-state index is 0.390. The quantitative estimate of drug-likeness (QED) is 0.765. The predicted octanol–water partition coefficient (Wildman–Crippen LogP) is 1.53. The van der Waals surface area contributed by atoms with Gasteiger partial charge in [0, 0.05) is 0 Å². The minimum atomic E-state index is -0.390. The van der Waals surface area contributed by atoms with Crippen molar-refractivity contribution in [1.29, 1.82) is 0 Å². The van der Waals surface area contributed by atoms with E-state index in [0.29, 0.717) is 11.6 Å². The number of nitrogens with zero attached hydrogens (tertiary/aromatic N) is 2. The minimum Gasteiger partial charge on any atom is -0.391 e. The van der Waals surface area contributed by atoms with Gasteiger partial charge < -0.3 is 5.11 Å². The molecule has 1 atom stereocenters. The lowest BCUT2D eigenvalue weighted by Crippen LogP contribution is -2.14. The van der Waals surface area contributed by atoms with Crippen molar-refractivity contribution in [2.45, 2.75) is 33.4 Å². The van der Waals surface area contributed by atoms with Crippen molar-refractivity contribution < 1.29 is 5.11 Å². The van der Waals surface area contributed by atoms with Gasteiger partial charge in [-0.25, -0.2) is 0 Å². The van der Waals surface area contributed by atoms with Crippen LogP contribution in [-0.4, -0.2) is 21.0 Å². The first-order chi connectivity index (χ1) is 5.52. The molecule has 0 aromatic carbocycles. The van der Waals surface area contributed by atoms with Crippen LogP contribution in [0.1, 0.15) is 18.3 Å². The van der Waals surface area contributed by atoms with E-state index in [1.54, 1.807) is 11.6 Å². The molecular formula is C8H13ClN2O. The smallest absolute Gasteiger partial charge is 0.0844 e. The maximum Gasteiger partial charge on any atom is 0.0844 e. The Morgan fingerprint density at radius 2 is 2.17 bits per heavy atom. The number of halogens is 1. The van der Waals surface area contributed by atoms with E-state index in [1.165, 1.54) is 0 Å². The number of hydrogen-bond donors (Lipinski definition) is 1. The summed E-state index contributed by atoms with van der Waals surface area (Å²) in [5.41, 5.74) is 1.73. The molecule has 68 valence electrons. The first-order valence-electron chi connectivity index (χ1n) is 3.90. The lowest BCUT2D eigenvalue weighted by molar-refractivity contribution is 0.167. The highest BCUT2D eigenvalue weighted by Gasteiger charge is 2.09. The molecule has 0 radical (unpaired) electrons.